The first kappa shape index (κ1) is 19.3. The van der Waals surface area contributed by atoms with Gasteiger partial charge < -0.3 is 19.9 Å². The van der Waals surface area contributed by atoms with Crippen LogP contribution in [0.15, 0.2) is 54.6 Å². The quantitative estimate of drug-likeness (QED) is 0.683. The molecule has 1 unspecified atom stereocenters. The molecule has 0 aliphatic rings. The number of ether oxygens (including phenoxy) is 2. The summed E-state index contributed by atoms with van der Waals surface area (Å²) in [5.74, 6) is -0.286. The number of carbonyl (C=O) groups excluding carboxylic acids is 1. The van der Waals surface area contributed by atoms with Crippen molar-refractivity contribution in [1.82, 2.24) is 5.32 Å². The number of nitrogens with one attached hydrogen (secondary N) is 1. The van der Waals surface area contributed by atoms with E-state index in [-0.39, 0.29) is 24.9 Å². The van der Waals surface area contributed by atoms with Crippen molar-refractivity contribution in [3.8, 4) is 11.5 Å². The summed E-state index contributed by atoms with van der Waals surface area (Å²) in [7, 11) is 0. The number of carboxylic acid groups (broad SMARTS) is 1. The van der Waals surface area contributed by atoms with Gasteiger partial charge in [0.25, 0.3) is 5.91 Å². The fourth-order valence-corrected chi connectivity index (χ4v) is 2.28. The Kier molecular flexibility index (Phi) is 7.49. The van der Waals surface area contributed by atoms with E-state index < -0.39 is 5.97 Å². The molecular weight excluding hydrogens is 334 g/mol. The molecule has 2 aromatic carbocycles. The van der Waals surface area contributed by atoms with Crippen molar-refractivity contribution in [2.45, 2.75) is 20.0 Å². The number of carbonyl (C=O) groups is 2. The number of benzene rings is 2. The molecule has 1 atom stereocenters. The van der Waals surface area contributed by atoms with Crippen LogP contribution in [0.2, 0.25) is 0 Å². The lowest BCUT2D eigenvalue weighted by atomic mass is 10.1. The number of hydrogen-bond acceptors (Lipinski definition) is 4. The lowest BCUT2D eigenvalue weighted by molar-refractivity contribution is -0.138. The highest BCUT2D eigenvalue weighted by Gasteiger charge is 2.11. The Bertz CT molecular complexity index is 717. The smallest absolute Gasteiger partial charge is 0.303 e. The zero-order valence-electron chi connectivity index (χ0n) is 14.7. The summed E-state index contributed by atoms with van der Waals surface area (Å²) < 4.78 is 11.3. The number of para-hydroxylation sites is 2. The summed E-state index contributed by atoms with van der Waals surface area (Å²) in [5.41, 5.74) is 1.03. The zero-order valence-corrected chi connectivity index (χ0v) is 14.7. The van der Waals surface area contributed by atoms with Gasteiger partial charge in [-0.25, -0.2) is 0 Å². The van der Waals surface area contributed by atoms with E-state index in [1.165, 1.54) is 0 Å². The van der Waals surface area contributed by atoms with E-state index in [4.69, 9.17) is 14.6 Å². The Morgan fingerprint density at radius 2 is 1.62 bits per heavy atom. The molecule has 138 valence electrons. The Hall–Kier alpha value is -3.02. The molecule has 0 saturated heterocycles. The predicted molar refractivity (Wildman–Crippen MR) is 97.1 cm³/mol. The maximum absolute atomic E-state index is 11.9. The summed E-state index contributed by atoms with van der Waals surface area (Å²) in [6.07, 6.45) is 0.0112. The Morgan fingerprint density at radius 1 is 1.00 bits per heavy atom. The van der Waals surface area contributed by atoms with Crippen LogP contribution in [0, 0.1) is 5.92 Å². The second-order valence-corrected chi connectivity index (χ2v) is 6.02. The molecule has 1 amide bonds. The van der Waals surface area contributed by atoms with Crippen LogP contribution in [-0.4, -0.2) is 30.1 Å². The topological polar surface area (TPSA) is 84.9 Å². The number of rotatable bonds is 10. The number of aliphatic carboxylic acids is 1. The van der Waals surface area contributed by atoms with Crippen LogP contribution in [0.25, 0.3) is 0 Å². The summed E-state index contributed by atoms with van der Waals surface area (Å²) in [4.78, 5) is 22.5. The van der Waals surface area contributed by atoms with E-state index in [2.05, 4.69) is 5.32 Å². The monoisotopic (exact) mass is 357 g/mol. The van der Waals surface area contributed by atoms with E-state index in [0.29, 0.717) is 24.7 Å². The van der Waals surface area contributed by atoms with Gasteiger partial charge in [0.15, 0.2) is 18.1 Å². The average molecular weight is 357 g/mol. The van der Waals surface area contributed by atoms with Gasteiger partial charge in [0, 0.05) is 13.0 Å². The number of carboxylic acids is 1. The fourth-order valence-electron chi connectivity index (χ4n) is 2.28. The van der Waals surface area contributed by atoms with E-state index in [0.717, 1.165) is 5.56 Å². The van der Waals surface area contributed by atoms with Gasteiger partial charge in [0.2, 0.25) is 0 Å². The highest BCUT2D eigenvalue weighted by Crippen LogP contribution is 2.27. The largest absolute Gasteiger partial charge is 0.485 e. The first-order valence-electron chi connectivity index (χ1n) is 8.41. The molecule has 0 aliphatic carbocycles. The van der Waals surface area contributed by atoms with Crippen molar-refractivity contribution < 1.29 is 24.2 Å². The lowest BCUT2D eigenvalue weighted by Crippen LogP contribution is -2.33. The molecule has 6 nitrogen and oxygen atoms in total. The van der Waals surface area contributed by atoms with Crippen LogP contribution < -0.4 is 14.8 Å². The lowest BCUT2D eigenvalue weighted by Gasteiger charge is -2.14. The van der Waals surface area contributed by atoms with Crippen LogP contribution in [-0.2, 0) is 16.2 Å². The molecule has 2 N–H and O–H groups in total. The predicted octanol–water partition coefficient (Wildman–Crippen LogP) is 2.87. The minimum Gasteiger partial charge on any atom is -0.485 e. The van der Waals surface area contributed by atoms with Gasteiger partial charge in [-0.2, -0.15) is 0 Å². The van der Waals surface area contributed by atoms with E-state index in [9.17, 15) is 9.59 Å². The van der Waals surface area contributed by atoms with Gasteiger partial charge in [0.05, 0.1) is 0 Å². The molecule has 0 fully saturated rings. The minimum absolute atomic E-state index is 0.0112. The molecule has 0 bridgehead atoms. The molecule has 6 heteroatoms. The third-order valence-electron chi connectivity index (χ3n) is 3.62. The Morgan fingerprint density at radius 3 is 2.27 bits per heavy atom. The average Bonchev–Trinajstić information content (AvgIpc) is 2.64. The molecule has 2 aromatic rings. The van der Waals surface area contributed by atoms with Crippen molar-refractivity contribution in [2.24, 2.45) is 5.92 Å². The highest BCUT2D eigenvalue weighted by molar-refractivity contribution is 5.77. The minimum atomic E-state index is -0.882. The summed E-state index contributed by atoms with van der Waals surface area (Å²) in [6.45, 7) is 2.30. The molecule has 26 heavy (non-hydrogen) atoms. The second kappa shape index (κ2) is 10.1. The second-order valence-electron chi connectivity index (χ2n) is 6.02. The van der Waals surface area contributed by atoms with Crippen LogP contribution in [0.5, 0.6) is 11.5 Å². The van der Waals surface area contributed by atoms with Gasteiger partial charge in [-0.1, -0.05) is 49.4 Å². The third kappa shape index (κ3) is 6.84. The summed E-state index contributed by atoms with van der Waals surface area (Å²) >= 11 is 0. The third-order valence-corrected chi connectivity index (χ3v) is 3.62. The Labute approximate surface area is 152 Å². The standard InChI is InChI=1S/C20H23NO5/c1-15(11-20(23)24)12-21-19(22)14-26-18-10-6-5-9-17(18)25-13-16-7-3-2-4-8-16/h2-10,15H,11-14H2,1H3,(H,21,22)(H,23,24). The molecule has 0 aliphatic heterocycles. The Balaban J connectivity index is 1.82. The first-order chi connectivity index (χ1) is 12.5. The summed E-state index contributed by atoms with van der Waals surface area (Å²) in [5, 5.41) is 11.4. The summed E-state index contributed by atoms with van der Waals surface area (Å²) in [6, 6.07) is 16.9. The fraction of sp³-hybridized carbons (Fsp3) is 0.300. The van der Waals surface area contributed by atoms with Crippen molar-refractivity contribution in [1.29, 1.82) is 0 Å². The highest BCUT2D eigenvalue weighted by atomic mass is 16.5. The molecule has 0 spiro atoms. The van der Waals surface area contributed by atoms with E-state index >= 15 is 0 Å². The molecule has 0 radical (unpaired) electrons. The number of amides is 1. The van der Waals surface area contributed by atoms with Gasteiger partial charge in [-0.3, -0.25) is 9.59 Å². The van der Waals surface area contributed by atoms with E-state index in [1.807, 2.05) is 36.4 Å². The van der Waals surface area contributed by atoms with E-state index in [1.54, 1.807) is 25.1 Å². The van der Waals surface area contributed by atoms with Gasteiger partial charge in [0.1, 0.15) is 6.61 Å². The van der Waals surface area contributed by atoms with Gasteiger partial charge in [-0.15, -0.1) is 0 Å². The van der Waals surface area contributed by atoms with Crippen molar-refractivity contribution in [3.05, 3.63) is 60.2 Å². The zero-order chi connectivity index (χ0) is 18.8. The maximum atomic E-state index is 11.9. The van der Waals surface area contributed by atoms with Crippen LogP contribution in [0.4, 0.5) is 0 Å². The van der Waals surface area contributed by atoms with Crippen molar-refractivity contribution in [2.75, 3.05) is 13.2 Å². The van der Waals surface area contributed by atoms with Crippen molar-refractivity contribution >= 4 is 11.9 Å². The first-order valence-corrected chi connectivity index (χ1v) is 8.41. The van der Waals surface area contributed by atoms with Crippen LogP contribution >= 0.6 is 0 Å². The molecule has 0 aromatic heterocycles. The maximum Gasteiger partial charge on any atom is 0.303 e. The SMILES string of the molecule is CC(CNC(=O)COc1ccccc1OCc1ccccc1)CC(=O)O. The molecule has 0 heterocycles. The van der Waals surface area contributed by atoms with Gasteiger partial charge in [-0.05, 0) is 23.6 Å². The van der Waals surface area contributed by atoms with Crippen LogP contribution in [0.3, 0.4) is 0 Å². The normalized spacial score (nSPS) is 11.4. The van der Waals surface area contributed by atoms with Crippen LogP contribution in [0.1, 0.15) is 18.9 Å². The van der Waals surface area contributed by atoms with Crippen molar-refractivity contribution in [3.63, 3.8) is 0 Å². The number of hydrogen-bond donors (Lipinski definition) is 2. The molecular formula is C20H23NO5. The molecule has 2 rings (SSSR count). The molecule has 0 saturated carbocycles. The van der Waals surface area contributed by atoms with Gasteiger partial charge >= 0.3 is 5.97 Å².